The highest BCUT2D eigenvalue weighted by molar-refractivity contribution is 5.99. The second-order valence-electron chi connectivity index (χ2n) is 6.69. The Hall–Kier alpha value is -1.51. The summed E-state index contributed by atoms with van der Waals surface area (Å²) in [5.74, 6) is 1.44. The number of anilines is 1. The molecule has 0 aromatic heterocycles. The molecule has 0 bridgehead atoms. The van der Waals surface area contributed by atoms with E-state index in [-0.39, 0.29) is 5.91 Å². The lowest BCUT2D eigenvalue weighted by Gasteiger charge is -2.36. The Morgan fingerprint density at radius 3 is 2.52 bits per heavy atom. The highest BCUT2D eigenvalue weighted by Gasteiger charge is 2.28. The molecule has 116 valence electrons. The smallest absolute Gasteiger partial charge is 0.255 e. The molecule has 1 N–H and O–H groups in total. The molecule has 0 saturated heterocycles. The van der Waals surface area contributed by atoms with Gasteiger partial charge in [-0.15, -0.1) is 0 Å². The number of para-hydroxylation sites is 1. The van der Waals surface area contributed by atoms with E-state index in [2.05, 4.69) is 19.2 Å². The van der Waals surface area contributed by atoms with Crippen LogP contribution in [0.5, 0.6) is 0 Å². The van der Waals surface area contributed by atoms with Crippen molar-refractivity contribution in [2.24, 2.45) is 11.8 Å². The standard InChI is InChI=1S/C18H28N2O/c1-13(2)14-9-5-7-11-16(14)19-17-12-8-6-10-15(17)18(21)20(3)4/h6,8,10,12-14,16,19H,5,7,9,11H2,1-4H3. The van der Waals surface area contributed by atoms with E-state index in [0.717, 1.165) is 11.3 Å². The van der Waals surface area contributed by atoms with Gasteiger partial charge in [0.25, 0.3) is 5.91 Å². The van der Waals surface area contributed by atoms with Gasteiger partial charge in [-0.1, -0.05) is 38.8 Å². The monoisotopic (exact) mass is 288 g/mol. The van der Waals surface area contributed by atoms with Crippen molar-refractivity contribution >= 4 is 11.6 Å². The van der Waals surface area contributed by atoms with Crippen molar-refractivity contribution in [2.75, 3.05) is 19.4 Å². The molecule has 3 heteroatoms. The average Bonchev–Trinajstić information content (AvgIpc) is 2.47. The number of carbonyl (C=O) groups is 1. The third-order valence-electron chi connectivity index (χ3n) is 4.58. The molecule has 0 aliphatic heterocycles. The second-order valence-corrected chi connectivity index (χ2v) is 6.69. The molecule has 0 spiro atoms. The Kier molecular flexibility index (Phi) is 5.27. The van der Waals surface area contributed by atoms with Crippen LogP contribution in [0.3, 0.4) is 0 Å². The lowest BCUT2D eigenvalue weighted by atomic mass is 9.77. The third kappa shape index (κ3) is 3.78. The molecule has 3 nitrogen and oxygen atoms in total. The van der Waals surface area contributed by atoms with E-state index >= 15 is 0 Å². The molecular formula is C18H28N2O. The van der Waals surface area contributed by atoms with Gasteiger partial charge in [-0.2, -0.15) is 0 Å². The third-order valence-corrected chi connectivity index (χ3v) is 4.58. The van der Waals surface area contributed by atoms with Crippen molar-refractivity contribution in [3.63, 3.8) is 0 Å². The van der Waals surface area contributed by atoms with E-state index in [1.54, 1.807) is 19.0 Å². The first-order valence-electron chi connectivity index (χ1n) is 8.08. The number of hydrogen-bond donors (Lipinski definition) is 1. The Morgan fingerprint density at radius 2 is 1.86 bits per heavy atom. The molecule has 21 heavy (non-hydrogen) atoms. The summed E-state index contributed by atoms with van der Waals surface area (Å²) in [6.07, 6.45) is 5.11. The summed E-state index contributed by atoms with van der Waals surface area (Å²) in [5, 5.41) is 3.67. The fraction of sp³-hybridized carbons (Fsp3) is 0.611. The summed E-state index contributed by atoms with van der Waals surface area (Å²) >= 11 is 0. The zero-order valence-electron chi connectivity index (χ0n) is 13.7. The number of nitrogens with zero attached hydrogens (tertiary/aromatic N) is 1. The molecule has 1 aliphatic rings. The van der Waals surface area contributed by atoms with Gasteiger partial charge >= 0.3 is 0 Å². The van der Waals surface area contributed by atoms with Crippen LogP contribution in [0.15, 0.2) is 24.3 Å². The Morgan fingerprint density at radius 1 is 1.19 bits per heavy atom. The van der Waals surface area contributed by atoms with E-state index in [0.29, 0.717) is 17.9 Å². The Labute approximate surface area is 128 Å². The molecule has 0 heterocycles. The van der Waals surface area contributed by atoms with Crippen LogP contribution in [0.1, 0.15) is 49.9 Å². The summed E-state index contributed by atoms with van der Waals surface area (Å²) in [4.78, 5) is 13.9. The maximum Gasteiger partial charge on any atom is 0.255 e. The van der Waals surface area contributed by atoms with Crippen LogP contribution in [-0.4, -0.2) is 30.9 Å². The van der Waals surface area contributed by atoms with Gasteiger partial charge in [0, 0.05) is 25.8 Å². The minimum Gasteiger partial charge on any atom is -0.381 e. The zero-order valence-corrected chi connectivity index (χ0v) is 13.7. The number of nitrogens with one attached hydrogen (secondary N) is 1. The minimum atomic E-state index is 0.0648. The predicted octanol–water partition coefficient (Wildman–Crippen LogP) is 4.02. The van der Waals surface area contributed by atoms with E-state index in [1.165, 1.54) is 25.7 Å². The van der Waals surface area contributed by atoms with E-state index in [9.17, 15) is 4.79 Å². The molecular weight excluding hydrogens is 260 g/mol. The van der Waals surface area contributed by atoms with Gasteiger partial charge in [-0.05, 0) is 36.8 Å². The predicted molar refractivity (Wildman–Crippen MR) is 88.7 cm³/mol. The van der Waals surface area contributed by atoms with Crippen molar-refractivity contribution in [1.29, 1.82) is 0 Å². The van der Waals surface area contributed by atoms with E-state index in [1.807, 2.05) is 24.3 Å². The largest absolute Gasteiger partial charge is 0.381 e. The molecule has 1 aliphatic carbocycles. The number of rotatable bonds is 4. The number of hydrogen-bond acceptors (Lipinski definition) is 2. The van der Waals surface area contributed by atoms with Crippen LogP contribution in [0.4, 0.5) is 5.69 Å². The summed E-state index contributed by atoms with van der Waals surface area (Å²) in [6.45, 7) is 4.61. The first-order chi connectivity index (χ1) is 10.0. The van der Waals surface area contributed by atoms with E-state index in [4.69, 9.17) is 0 Å². The quantitative estimate of drug-likeness (QED) is 0.907. The van der Waals surface area contributed by atoms with Crippen molar-refractivity contribution in [3.8, 4) is 0 Å². The topological polar surface area (TPSA) is 32.3 Å². The highest BCUT2D eigenvalue weighted by atomic mass is 16.2. The van der Waals surface area contributed by atoms with Gasteiger partial charge in [0.1, 0.15) is 0 Å². The van der Waals surface area contributed by atoms with Crippen LogP contribution in [0.25, 0.3) is 0 Å². The molecule has 1 amide bonds. The summed E-state index contributed by atoms with van der Waals surface area (Å²) in [7, 11) is 3.60. The molecule has 1 saturated carbocycles. The van der Waals surface area contributed by atoms with E-state index < -0.39 is 0 Å². The number of benzene rings is 1. The van der Waals surface area contributed by atoms with Crippen molar-refractivity contribution < 1.29 is 4.79 Å². The summed E-state index contributed by atoms with van der Waals surface area (Å²) in [6, 6.07) is 8.36. The summed E-state index contributed by atoms with van der Waals surface area (Å²) in [5.41, 5.74) is 1.75. The van der Waals surface area contributed by atoms with Crippen molar-refractivity contribution in [3.05, 3.63) is 29.8 Å². The lowest BCUT2D eigenvalue weighted by molar-refractivity contribution is 0.0828. The number of carbonyl (C=O) groups excluding carboxylic acids is 1. The van der Waals surface area contributed by atoms with Crippen molar-refractivity contribution in [2.45, 2.75) is 45.6 Å². The molecule has 0 radical (unpaired) electrons. The maximum absolute atomic E-state index is 12.3. The number of amides is 1. The summed E-state index contributed by atoms with van der Waals surface area (Å²) < 4.78 is 0. The van der Waals surface area contributed by atoms with Gasteiger partial charge in [0.2, 0.25) is 0 Å². The zero-order chi connectivity index (χ0) is 15.4. The molecule has 2 unspecified atom stereocenters. The van der Waals surface area contributed by atoms with Gasteiger partial charge < -0.3 is 10.2 Å². The van der Waals surface area contributed by atoms with Gasteiger partial charge in [-0.25, -0.2) is 0 Å². The van der Waals surface area contributed by atoms with Crippen molar-refractivity contribution in [1.82, 2.24) is 4.90 Å². The van der Waals surface area contributed by atoms with Crippen LogP contribution < -0.4 is 5.32 Å². The molecule has 2 rings (SSSR count). The molecule has 2 atom stereocenters. The normalized spacial score (nSPS) is 22.1. The molecule has 1 aromatic rings. The minimum absolute atomic E-state index is 0.0648. The molecule has 1 aromatic carbocycles. The Balaban J connectivity index is 2.20. The van der Waals surface area contributed by atoms with Crippen LogP contribution in [-0.2, 0) is 0 Å². The van der Waals surface area contributed by atoms with Crippen LogP contribution >= 0.6 is 0 Å². The van der Waals surface area contributed by atoms with Gasteiger partial charge in [0.05, 0.1) is 5.56 Å². The van der Waals surface area contributed by atoms with Crippen LogP contribution in [0, 0.1) is 11.8 Å². The van der Waals surface area contributed by atoms with Gasteiger partial charge in [-0.3, -0.25) is 4.79 Å². The second kappa shape index (κ2) is 6.97. The SMILES string of the molecule is CC(C)C1CCCCC1Nc1ccccc1C(=O)N(C)C. The fourth-order valence-corrected chi connectivity index (χ4v) is 3.37. The molecule has 1 fully saturated rings. The highest BCUT2D eigenvalue weighted by Crippen LogP contribution is 2.33. The van der Waals surface area contributed by atoms with Crippen LogP contribution in [0.2, 0.25) is 0 Å². The fourth-order valence-electron chi connectivity index (χ4n) is 3.37. The average molecular weight is 288 g/mol. The first-order valence-corrected chi connectivity index (χ1v) is 8.08. The Bertz CT molecular complexity index is 482. The lowest BCUT2D eigenvalue weighted by Crippen LogP contribution is -2.36. The first kappa shape index (κ1) is 15.9. The van der Waals surface area contributed by atoms with Gasteiger partial charge in [0.15, 0.2) is 0 Å². The maximum atomic E-state index is 12.3.